The number of nitrogens with two attached hydrogens (primary N) is 1. The molecule has 0 aliphatic heterocycles. The molecule has 0 heterocycles. The van der Waals surface area contributed by atoms with Crippen molar-refractivity contribution in [3.05, 3.63) is 95.3 Å². The van der Waals surface area contributed by atoms with E-state index in [9.17, 15) is 4.39 Å². The first-order valence-electron chi connectivity index (χ1n) is 9.14. The van der Waals surface area contributed by atoms with Crippen molar-refractivity contribution in [2.75, 3.05) is 13.7 Å². The molecule has 3 aromatic carbocycles. The van der Waals surface area contributed by atoms with Crippen LogP contribution in [0.4, 0.5) is 4.39 Å². The molecule has 27 heavy (non-hydrogen) atoms. The van der Waals surface area contributed by atoms with Gasteiger partial charge in [0.15, 0.2) is 11.5 Å². The van der Waals surface area contributed by atoms with Gasteiger partial charge in [-0.1, -0.05) is 42.5 Å². The highest BCUT2D eigenvalue weighted by molar-refractivity contribution is 5.42. The fourth-order valence-corrected chi connectivity index (χ4v) is 2.91. The summed E-state index contributed by atoms with van der Waals surface area (Å²) in [5, 5.41) is 2.18. The minimum Gasteiger partial charge on any atom is -0.493 e. The first-order chi connectivity index (χ1) is 13.2. The van der Waals surface area contributed by atoms with E-state index in [0.717, 1.165) is 42.1 Å². The molecule has 0 fully saturated rings. The molecule has 2 N–H and O–H groups in total. The Morgan fingerprint density at radius 3 is 2.22 bits per heavy atom. The summed E-state index contributed by atoms with van der Waals surface area (Å²) in [6.07, 6.45) is 0.858. The Morgan fingerprint density at radius 1 is 0.778 bits per heavy atom. The van der Waals surface area contributed by atoms with Crippen LogP contribution in [0.25, 0.3) is 0 Å². The molecule has 3 aromatic rings. The maximum Gasteiger partial charge on any atom is 0.161 e. The normalized spacial score (nSPS) is 10.6. The molecule has 0 aliphatic carbocycles. The summed E-state index contributed by atoms with van der Waals surface area (Å²) in [4.78, 5) is 0. The maximum absolute atomic E-state index is 12.9. The quantitative estimate of drug-likeness (QED) is 0.626. The van der Waals surface area contributed by atoms with Crippen LogP contribution in [0.3, 0.4) is 0 Å². The predicted molar refractivity (Wildman–Crippen MR) is 104 cm³/mol. The minimum atomic E-state index is -0.202. The fourth-order valence-electron chi connectivity index (χ4n) is 2.91. The highest BCUT2D eigenvalue weighted by Gasteiger charge is 2.07. The Balaban J connectivity index is 1.51. The van der Waals surface area contributed by atoms with E-state index in [2.05, 4.69) is 23.5 Å². The second-order valence-electron chi connectivity index (χ2n) is 6.39. The van der Waals surface area contributed by atoms with E-state index >= 15 is 0 Å². The van der Waals surface area contributed by atoms with Crippen LogP contribution in [0.1, 0.15) is 16.7 Å². The van der Waals surface area contributed by atoms with Crippen LogP contribution in [-0.2, 0) is 19.5 Å². The Bertz CT molecular complexity index is 835. The average Bonchev–Trinajstić information content (AvgIpc) is 2.71. The second kappa shape index (κ2) is 9.74. The first kappa shape index (κ1) is 18.9. The Labute approximate surface area is 159 Å². The Kier molecular flexibility index (Phi) is 6.83. The molecule has 0 aliphatic rings. The average molecular weight is 366 g/mol. The molecule has 0 unspecified atom stereocenters. The van der Waals surface area contributed by atoms with Crippen LogP contribution in [0.2, 0.25) is 0 Å². The number of ether oxygens (including phenoxy) is 2. The molecule has 140 valence electrons. The van der Waals surface area contributed by atoms with Crippen LogP contribution in [-0.4, -0.2) is 13.7 Å². The molecule has 0 aromatic heterocycles. The topological polar surface area (TPSA) is 35.1 Å². The van der Waals surface area contributed by atoms with Gasteiger partial charge in [-0.2, -0.15) is 0 Å². The van der Waals surface area contributed by atoms with Crippen molar-refractivity contribution in [3.8, 4) is 11.5 Å². The molecule has 0 bridgehead atoms. The van der Waals surface area contributed by atoms with Crippen molar-refractivity contribution in [3.63, 3.8) is 0 Å². The summed E-state index contributed by atoms with van der Waals surface area (Å²) >= 11 is 0. The number of halogens is 1. The van der Waals surface area contributed by atoms with E-state index in [4.69, 9.17) is 9.47 Å². The molecule has 3 nitrogen and oxygen atoms in total. The van der Waals surface area contributed by atoms with Gasteiger partial charge in [0.2, 0.25) is 0 Å². The fraction of sp³-hybridized carbons (Fsp3) is 0.217. The van der Waals surface area contributed by atoms with E-state index in [-0.39, 0.29) is 5.82 Å². The number of quaternary nitrogens is 1. The molecular formula is C23H25FNO2+. The van der Waals surface area contributed by atoms with Crippen LogP contribution >= 0.6 is 0 Å². The van der Waals surface area contributed by atoms with Crippen LogP contribution in [0, 0.1) is 5.82 Å². The lowest BCUT2D eigenvalue weighted by molar-refractivity contribution is -0.686. The molecule has 0 amide bonds. The van der Waals surface area contributed by atoms with Crippen molar-refractivity contribution in [2.24, 2.45) is 0 Å². The number of hydrogen-bond donors (Lipinski definition) is 1. The van der Waals surface area contributed by atoms with Crippen LogP contribution < -0.4 is 14.8 Å². The minimum absolute atomic E-state index is 0.202. The van der Waals surface area contributed by atoms with Gasteiger partial charge in [0.05, 0.1) is 13.7 Å². The highest BCUT2D eigenvalue weighted by atomic mass is 19.1. The SMILES string of the molecule is COc1cc(C[NH2+]Cc2ccc(F)cc2)ccc1OCCc1ccccc1. The lowest BCUT2D eigenvalue weighted by Crippen LogP contribution is -2.80. The predicted octanol–water partition coefficient (Wildman–Crippen LogP) is 3.72. The monoisotopic (exact) mass is 366 g/mol. The van der Waals surface area contributed by atoms with Gasteiger partial charge in [-0.25, -0.2) is 4.39 Å². The van der Waals surface area contributed by atoms with Crippen molar-refractivity contribution in [2.45, 2.75) is 19.5 Å². The summed E-state index contributed by atoms with van der Waals surface area (Å²) in [5.74, 6) is 1.30. The number of rotatable bonds is 9. The third kappa shape index (κ3) is 5.83. The number of methoxy groups -OCH3 is 1. The van der Waals surface area contributed by atoms with E-state index in [1.165, 1.54) is 17.7 Å². The molecular weight excluding hydrogens is 341 g/mol. The summed E-state index contributed by atoms with van der Waals surface area (Å²) in [7, 11) is 1.66. The van der Waals surface area contributed by atoms with E-state index < -0.39 is 0 Å². The van der Waals surface area contributed by atoms with Gasteiger partial charge in [0, 0.05) is 17.5 Å². The molecule has 0 saturated carbocycles. The van der Waals surface area contributed by atoms with Gasteiger partial charge < -0.3 is 14.8 Å². The third-order valence-corrected chi connectivity index (χ3v) is 4.39. The zero-order valence-corrected chi connectivity index (χ0v) is 15.5. The first-order valence-corrected chi connectivity index (χ1v) is 9.14. The standard InChI is InChI=1S/C23H24FNO2/c1-26-23-15-20(17-25-16-19-7-10-21(24)11-8-19)9-12-22(23)27-14-13-18-5-3-2-4-6-18/h2-12,15,25H,13-14,16-17H2,1H3/p+1. The van der Waals surface area contributed by atoms with Gasteiger partial charge in [-0.15, -0.1) is 0 Å². The summed E-state index contributed by atoms with van der Waals surface area (Å²) in [6.45, 7) is 2.23. The zero-order valence-electron chi connectivity index (χ0n) is 15.5. The highest BCUT2D eigenvalue weighted by Crippen LogP contribution is 2.28. The molecule has 0 saturated heterocycles. The lowest BCUT2D eigenvalue weighted by Gasteiger charge is -2.12. The van der Waals surface area contributed by atoms with E-state index in [0.29, 0.717) is 6.61 Å². The molecule has 4 heteroatoms. The van der Waals surface area contributed by atoms with Gasteiger partial charge in [-0.3, -0.25) is 0 Å². The number of hydrogen-bond acceptors (Lipinski definition) is 2. The van der Waals surface area contributed by atoms with Gasteiger partial charge in [0.1, 0.15) is 18.9 Å². The lowest BCUT2D eigenvalue weighted by atomic mass is 10.1. The van der Waals surface area contributed by atoms with Crippen LogP contribution in [0.5, 0.6) is 11.5 Å². The van der Waals surface area contributed by atoms with Crippen molar-refractivity contribution in [1.29, 1.82) is 0 Å². The van der Waals surface area contributed by atoms with E-state index in [1.807, 2.05) is 42.5 Å². The second-order valence-corrected chi connectivity index (χ2v) is 6.39. The molecule has 0 radical (unpaired) electrons. The summed E-state index contributed by atoms with van der Waals surface area (Å²) < 4.78 is 24.3. The zero-order chi connectivity index (χ0) is 18.9. The molecule has 0 atom stereocenters. The third-order valence-electron chi connectivity index (χ3n) is 4.39. The molecule has 0 spiro atoms. The molecule has 3 rings (SSSR count). The largest absolute Gasteiger partial charge is 0.493 e. The number of benzene rings is 3. The van der Waals surface area contributed by atoms with Crippen molar-refractivity contribution < 1.29 is 19.2 Å². The Hall–Kier alpha value is -2.85. The maximum atomic E-state index is 12.9. The van der Waals surface area contributed by atoms with Crippen LogP contribution in [0.15, 0.2) is 72.8 Å². The van der Waals surface area contributed by atoms with Crippen molar-refractivity contribution >= 4 is 0 Å². The van der Waals surface area contributed by atoms with Crippen molar-refractivity contribution in [1.82, 2.24) is 0 Å². The summed E-state index contributed by atoms with van der Waals surface area (Å²) in [6, 6.07) is 22.9. The van der Waals surface area contributed by atoms with E-state index in [1.54, 1.807) is 7.11 Å². The summed E-state index contributed by atoms with van der Waals surface area (Å²) in [5.41, 5.74) is 3.51. The van der Waals surface area contributed by atoms with Gasteiger partial charge in [-0.05, 0) is 35.9 Å². The Morgan fingerprint density at radius 2 is 1.48 bits per heavy atom. The van der Waals surface area contributed by atoms with Gasteiger partial charge >= 0.3 is 0 Å². The smallest absolute Gasteiger partial charge is 0.161 e. The van der Waals surface area contributed by atoms with Gasteiger partial charge in [0.25, 0.3) is 0 Å².